The smallest absolute Gasteiger partial charge is 0.0497 e. The second-order valence-electron chi connectivity index (χ2n) is 5.78. The van der Waals surface area contributed by atoms with Crippen LogP contribution in [-0.4, -0.2) is 11.5 Å². The molecule has 3 aromatic rings. The molecule has 0 aliphatic heterocycles. The van der Waals surface area contributed by atoms with Gasteiger partial charge < -0.3 is 10.7 Å². The molecule has 0 aliphatic carbocycles. The first-order chi connectivity index (χ1) is 10.7. The molecule has 0 atom stereocenters. The normalized spacial score (nSPS) is 11.2. The topological polar surface area (TPSA) is 41.8 Å². The van der Waals surface area contributed by atoms with Gasteiger partial charge in [0.1, 0.15) is 0 Å². The molecule has 2 aromatic carbocycles. The number of fused-ring (bicyclic) bond motifs is 1. The predicted molar refractivity (Wildman–Crippen MR) is 95.5 cm³/mol. The molecule has 0 spiro atoms. The van der Waals surface area contributed by atoms with Gasteiger partial charge in [-0.15, -0.1) is 0 Å². The van der Waals surface area contributed by atoms with E-state index in [1.807, 2.05) is 6.07 Å². The Hall–Kier alpha value is -1.77. The number of H-pyrrole nitrogens is 1. The van der Waals surface area contributed by atoms with Crippen molar-refractivity contribution >= 4 is 22.5 Å². The first-order valence-electron chi connectivity index (χ1n) is 7.76. The monoisotopic (exact) mass is 312 g/mol. The molecule has 3 rings (SSSR count). The minimum Gasteiger partial charge on any atom is -0.354 e. The van der Waals surface area contributed by atoms with Crippen LogP contribution >= 0.6 is 11.6 Å². The summed E-state index contributed by atoms with van der Waals surface area (Å²) in [5, 5.41) is 2.00. The summed E-state index contributed by atoms with van der Waals surface area (Å²) in [6, 6.07) is 14.7. The van der Waals surface area contributed by atoms with E-state index in [0.717, 1.165) is 36.3 Å². The molecule has 114 valence electrons. The summed E-state index contributed by atoms with van der Waals surface area (Å²) in [5.41, 5.74) is 11.8. The molecule has 1 aromatic heterocycles. The van der Waals surface area contributed by atoms with Crippen LogP contribution in [0.1, 0.15) is 24.0 Å². The van der Waals surface area contributed by atoms with E-state index in [1.165, 1.54) is 27.8 Å². The van der Waals surface area contributed by atoms with E-state index in [0.29, 0.717) is 0 Å². The lowest BCUT2D eigenvalue weighted by Crippen LogP contribution is -1.99. The largest absolute Gasteiger partial charge is 0.354 e. The fourth-order valence-corrected chi connectivity index (χ4v) is 3.14. The van der Waals surface area contributed by atoms with Gasteiger partial charge in [-0.3, -0.25) is 0 Å². The summed E-state index contributed by atoms with van der Waals surface area (Å²) in [4.78, 5) is 3.57. The van der Waals surface area contributed by atoms with Crippen molar-refractivity contribution in [3.63, 3.8) is 0 Å². The van der Waals surface area contributed by atoms with Crippen molar-refractivity contribution in [1.29, 1.82) is 0 Å². The minimum atomic E-state index is 0.739. The lowest BCUT2D eigenvalue weighted by molar-refractivity contribution is 0.748. The molecular weight excluding hydrogens is 292 g/mol. The third-order valence-corrected chi connectivity index (χ3v) is 4.29. The maximum atomic E-state index is 6.20. The van der Waals surface area contributed by atoms with Crippen molar-refractivity contribution in [1.82, 2.24) is 4.98 Å². The van der Waals surface area contributed by atoms with E-state index in [2.05, 4.69) is 48.3 Å². The average Bonchev–Trinajstić information content (AvgIpc) is 2.86. The summed E-state index contributed by atoms with van der Waals surface area (Å²) in [5.74, 6) is 0. The molecule has 0 bridgehead atoms. The molecule has 0 saturated heterocycles. The van der Waals surface area contributed by atoms with Gasteiger partial charge in [-0.25, -0.2) is 0 Å². The Morgan fingerprint density at radius 1 is 1.09 bits per heavy atom. The fraction of sp³-hybridized carbons (Fsp3) is 0.263. The van der Waals surface area contributed by atoms with Gasteiger partial charge in [0, 0.05) is 21.6 Å². The number of unbranched alkanes of at least 4 members (excludes halogenated alkanes) is 1. The molecular formula is C19H21ClN2. The Labute approximate surface area is 136 Å². The summed E-state index contributed by atoms with van der Waals surface area (Å²) in [7, 11) is 0. The summed E-state index contributed by atoms with van der Waals surface area (Å²) in [6.07, 6.45) is 3.15. The van der Waals surface area contributed by atoms with Crippen LogP contribution in [0.15, 0.2) is 42.5 Å². The van der Waals surface area contributed by atoms with Crippen LogP contribution in [0.4, 0.5) is 0 Å². The quantitative estimate of drug-likeness (QED) is 0.634. The zero-order valence-corrected chi connectivity index (χ0v) is 13.6. The van der Waals surface area contributed by atoms with Gasteiger partial charge in [-0.1, -0.05) is 35.4 Å². The highest BCUT2D eigenvalue weighted by Gasteiger charge is 2.13. The second-order valence-corrected chi connectivity index (χ2v) is 6.22. The van der Waals surface area contributed by atoms with Crippen LogP contribution in [-0.2, 0) is 6.42 Å². The first-order valence-corrected chi connectivity index (χ1v) is 8.14. The molecule has 22 heavy (non-hydrogen) atoms. The number of nitrogens with two attached hydrogens (primary N) is 1. The van der Waals surface area contributed by atoms with Crippen molar-refractivity contribution in [3.8, 4) is 11.3 Å². The van der Waals surface area contributed by atoms with Gasteiger partial charge in [-0.05, 0) is 68.1 Å². The van der Waals surface area contributed by atoms with Crippen molar-refractivity contribution in [3.05, 3.63) is 58.6 Å². The van der Waals surface area contributed by atoms with Crippen molar-refractivity contribution in [2.75, 3.05) is 6.54 Å². The summed E-state index contributed by atoms with van der Waals surface area (Å²) in [6.45, 7) is 2.86. The van der Waals surface area contributed by atoms with Gasteiger partial charge in [0.05, 0.1) is 0 Å². The molecule has 3 N–H and O–H groups in total. The zero-order valence-electron chi connectivity index (χ0n) is 12.8. The third-order valence-electron chi connectivity index (χ3n) is 4.06. The van der Waals surface area contributed by atoms with Gasteiger partial charge in [0.25, 0.3) is 0 Å². The van der Waals surface area contributed by atoms with E-state index in [9.17, 15) is 0 Å². The molecule has 2 nitrogen and oxygen atoms in total. The molecule has 1 heterocycles. The molecule has 0 amide bonds. The van der Waals surface area contributed by atoms with Crippen LogP contribution in [0.3, 0.4) is 0 Å². The number of aromatic amines is 1. The van der Waals surface area contributed by atoms with Crippen LogP contribution in [0.2, 0.25) is 5.02 Å². The number of nitrogens with one attached hydrogen (secondary N) is 1. The van der Waals surface area contributed by atoms with Crippen LogP contribution in [0.5, 0.6) is 0 Å². The Morgan fingerprint density at radius 2 is 1.95 bits per heavy atom. The number of hydrogen-bond acceptors (Lipinski definition) is 1. The van der Waals surface area contributed by atoms with Gasteiger partial charge >= 0.3 is 0 Å². The summed E-state index contributed by atoms with van der Waals surface area (Å²) < 4.78 is 0. The Morgan fingerprint density at radius 3 is 2.73 bits per heavy atom. The highest BCUT2D eigenvalue weighted by molar-refractivity contribution is 6.31. The highest BCUT2D eigenvalue weighted by Crippen LogP contribution is 2.33. The maximum absolute atomic E-state index is 6.20. The van der Waals surface area contributed by atoms with E-state index in [4.69, 9.17) is 17.3 Å². The van der Waals surface area contributed by atoms with E-state index in [1.54, 1.807) is 0 Å². The SMILES string of the molecule is Cc1cccc(-c2[nH]c3ccc(Cl)cc3c2CCCCN)c1. The Kier molecular flexibility index (Phi) is 4.51. The Balaban J connectivity index is 2.13. The number of hydrogen-bond donors (Lipinski definition) is 2. The highest BCUT2D eigenvalue weighted by atomic mass is 35.5. The van der Waals surface area contributed by atoms with Gasteiger partial charge in [0.15, 0.2) is 0 Å². The molecule has 0 radical (unpaired) electrons. The van der Waals surface area contributed by atoms with E-state index in [-0.39, 0.29) is 0 Å². The Bertz CT molecular complexity index is 789. The molecule has 0 unspecified atom stereocenters. The van der Waals surface area contributed by atoms with E-state index >= 15 is 0 Å². The van der Waals surface area contributed by atoms with Crippen molar-refractivity contribution in [2.45, 2.75) is 26.2 Å². The van der Waals surface area contributed by atoms with Crippen LogP contribution < -0.4 is 5.73 Å². The lowest BCUT2D eigenvalue weighted by Gasteiger charge is -2.06. The summed E-state index contributed by atoms with van der Waals surface area (Å²) >= 11 is 6.20. The average molecular weight is 313 g/mol. The molecule has 0 fully saturated rings. The van der Waals surface area contributed by atoms with Crippen molar-refractivity contribution in [2.24, 2.45) is 5.73 Å². The minimum absolute atomic E-state index is 0.739. The molecule has 0 saturated carbocycles. The standard InChI is InChI=1S/C19H21ClN2/c1-13-5-4-6-14(11-13)19-16(7-2-3-10-21)17-12-15(20)8-9-18(17)22-19/h4-6,8-9,11-12,22H,2-3,7,10,21H2,1H3. The number of halogens is 1. The number of rotatable bonds is 5. The number of aromatic nitrogens is 1. The first kappa shape index (κ1) is 15.1. The lowest BCUT2D eigenvalue weighted by atomic mass is 9.99. The molecule has 0 aliphatic rings. The second kappa shape index (κ2) is 6.55. The molecule has 3 heteroatoms. The number of benzene rings is 2. The number of aryl methyl sites for hydroxylation is 2. The van der Waals surface area contributed by atoms with E-state index < -0.39 is 0 Å². The van der Waals surface area contributed by atoms with Crippen molar-refractivity contribution < 1.29 is 0 Å². The van der Waals surface area contributed by atoms with Gasteiger partial charge in [-0.2, -0.15) is 0 Å². The van der Waals surface area contributed by atoms with Crippen LogP contribution in [0, 0.1) is 6.92 Å². The van der Waals surface area contributed by atoms with Crippen LogP contribution in [0.25, 0.3) is 22.2 Å². The predicted octanol–water partition coefficient (Wildman–Crippen LogP) is 5.08. The maximum Gasteiger partial charge on any atom is 0.0497 e. The van der Waals surface area contributed by atoms with Gasteiger partial charge in [0.2, 0.25) is 0 Å². The zero-order chi connectivity index (χ0) is 15.5. The third kappa shape index (κ3) is 3.03. The fourth-order valence-electron chi connectivity index (χ4n) is 2.97.